The molecule has 0 saturated carbocycles. The molecular weight excluding hydrogens is 623 g/mol. The van der Waals surface area contributed by atoms with Crippen molar-refractivity contribution in [2.45, 2.75) is 38.6 Å². The first kappa shape index (κ1) is 28.8. The van der Waals surface area contributed by atoms with Gasteiger partial charge in [0.05, 0.1) is 26.1 Å². The van der Waals surface area contributed by atoms with Crippen LogP contribution in [0.4, 0.5) is 0 Å². The highest BCUT2D eigenvalue weighted by Crippen LogP contribution is 2.16. The Hall–Kier alpha value is -2.39. The van der Waals surface area contributed by atoms with Crippen molar-refractivity contribution in [3.05, 3.63) is 98.6 Å². The summed E-state index contributed by atoms with van der Waals surface area (Å²) in [4.78, 5) is 22.7. The highest BCUT2D eigenvalue weighted by molar-refractivity contribution is 14.1. The van der Waals surface area contributed by atoms with Crippen LogP contribution < -0.4 is 4.74 Å². The molecule has 0 N–H and O–H groups in total. The van der Waals surface area contributed by atoms with Gasteiger partial charge in [-0.3, -0.25) is 9.59 Å². The van der Waals surface area contributed by atoms with E-state index in [9.17, 15) is 9.59 Å². The van der Waals surface area contributed by atoms with Gasteiger partial charge < -0.3 is 14.2 Å². The van der Waals surface area contributed by atoms with Gasteiger partial charge in [-0.1, -0.05) is 64.5 Å². The van der Waals surface area contributed by atoms with Crippen molar-refractivity contribution < 1.29 is 23.8 Å². The SMILES string of the molecule is CCOC(=O)Cc1cccc(CBr)c1.CCOC(=O)Cc1cccc(COc2ccc(I)cc2)c1. The number of carbonyl (C=O) groups excluding carboxylic acids is 2. The maximum Gasteiger partial charge on any atom is 0.310 e. The Labute approximate surface area is 229 Å². The number of carbonyl (C=O) groups is 2. The van der Waals surface area contributed by atoms with Gasteiger partial charge in [0.1, 0.15) is 12.4 Å². The summed E-state index contributed by atoms with van der Waals surface area (Å²) in [5.41, 5.74) is 4.15. The molecule has 186 valence electrons. The smallest absolute Gasteiger partial charge is 0.310 e. The summed E-state index contributed by atoms with van der Waals surface area (Å²) in [5, 5.41) is 0.809. The molecule has 7 heteroatoms. The second-order valence-corrected chi connectivity index (χ2v) is 9.29. The molecule has 0 atom stereocenters. The number of rotatable bonds is 10. The highest BCUT2D eigenvalue weighted by Gasteiger charge is 2.05. The van der Waals surface area contributed by atoms with Gasteiger partial charge in [-0.25, -0.2) is 0 Å². The maximum atomic E-state index is 11.5. The summed E-state index contributed by atoms with van der Waals surface area (Å²) in [6.45, 7) is 4.96. The first-order valence-electron chi connectivity index (χ1n) is 11.3. The van der Waals surface area contributed by atoms with E-state index in [2.05, 4.69) is 38.5 Å². The van der Waals surface area contributed by atoms with Gasteiger partial charge in [-0.05, 0) is 83.0 Å². The number of hydrogen-bond acceptors (Lipinski definition) is 5. The standard InChI is InChI=1S/C17H17IO3.C11H13BrO2/c1-2-20-17(19)11-13-4-3-5-14(10-13)12-21-16-8-6-15(18)7-9-16;1-2-14-11(13)7-9-4-3-5-10(6-9)8-12/h3-10H,2,11-12H2,1H3;3-6H,2,7-8H2,1H3. The van der Waals surface area contributed by atoms with Gasteiger partial charge >= 0.3 is 11.9 Å². The molecule has 0 radical (unpaired) electrons. The zero-order valence-electron chi connectivity index (χ0n) is 20.0. The van der Waals surface area contributed by atoms with Crippen LogP contribution in [0.25, 0.3) is 0 Å². The number of hydrogen-bond donors (Lipinski definition) is 0. The van der Waals surface area contributed by atoms with Crippen LogP contribution in [-0.4, -0.2) is 25.2 Å². The second kappa shape index (κ2) is 16.3. The molecule has 0 unspecified atom stereocenters. The molecule has 0 amide bonds. The molecule has 0 aliphatic rings. The summed E-state index contributed by atoms with van der Waals surface area (Å²) < 4.78 is 16.7. The average Bonchev–Trinajstić information content (AvgIpc) is 2.85. The number of ether oxygens (including phenoxy) is 3. The van der Waals surface area contributed by atoms with Gasteiger partial charge in [-0.15, -0.1) is 0 Å². The van der Waals surface area contributed by atoms with E-state index in [1.807, 2.05) is 86.6 Å². The van der Waals surface area contributed by atoms with Crippen molar-refractivity contribution in [3.8, 4) is 5.75 Å². The van der Waals surface area contributed by atoms with Crippen LogP contribution in [0.15, 0.2) is 72.8 Å². The molecule has 0 fully saturated rings. The first-order valence-corrected chi connectivity index (χ1v) is 13.5. The van der Waals surface area contributed by atoms with E-state index in [4.69, 9.17) is 14.2 Å². The molecule has 0 saturated heterocycles. The summed E-state index contributed by atoms with van der Waals surface area (Å²) in [5.74, 6) is 0.471. The first-order chi connectivity index (χ1) is 16.9. The molecule has 0 aliphatic carbocycles. The van der Waals surface area contributed by atoms with Crippen LogP contribution in [0.5, 0.6) is 5.75 Å². The number of halogens is 2. The number of alkyl halides is 1. The number of esters is 2. The van der Waals surface area contributed by atoms with E-state index in [1.54, 1.807) is 0 Å². The predicted octanol–water partition coefficient (Wildman–Crippen LogP) is 6.66. The zero-order valence-corrected chi connectivity index (χ0v) is 23.7. The molecule has 3 aromatic carbocycles. The highest BCUT2D eigenvalue weighted by atomic mass is 127. The topological polar surface area (TPSA) is 61.8 Å². The quantitative estimate of drug-likeness (QED) is 0.139. The Morgan fingerprint density at radius 2 is 1.23 bits per heavy atom. The van der Waals surface area contributed by atoms with E-state index in [1.165, 1.54) is 9.13 Å². The molecule has 3 aromatic rings. The fourth-order valence-electron chi connectivity index (χ4n) is 3.11. The third-order valence-corrected chi connectivity index (χ3v) is 6.03. The molecule has 0 heterocycles. The lowest BCUT2D eigenvalue weighted by molar-refractivity contribution is -0.143. The summed E-state index contributed by atoms with van der Waals surface area (Å²) in [7, 11) is 0. The lowest BCUT2D eigenvalue weighted by Crippen LogP contribution is -2.07. The lowest BCUT2D eigenvalue weighted by Gasteiger charge is -2.08. The monoisotopic (exact) mass is 652 g/mol. The fraction of sp³-hybridized carbons (Fsp3) is 0.286. The minimum atomic E-state index is -0.201. The predicted molar refractivity (Wildman–Crippen MR) is 150 cm³/mol. The second-order valence-electron chi connectivity index (χ2n) is 7.48. The zero-order chi connectivity index (χ0) is 25.5. The minimum Gasteiger partial charge on any atom is -0.489 e. The van der Waals surface area contributed by atoms with Crippen LogP contribution in [-0.2, 0) is 43.8 Å². The Morgan fingerprint density at radius 1 is 0.743 bits per heavy atom. The van der Waals surface area contributed by atoms with Crippen molar-refractivity contribution >= 4 is 50.5 Å². The maximum absolute atomic E-state index is 11.5. The van der Waals surface area contributed by atoms with Gasteiger partial charge in [-0.2, -0.15) is 0 Å². The van der Waals surface area contributed by atoms with Crippen LogP contribution in [0.2, 0.25) is 0 Å². The average molecular weight is 653 g/mol. The van der Waals surface area contributed by atoms with E-state index in [0.717, 1.165) is 27.8 Å². The van der Waals surface area contributed by atoms with Gasteiger partial charge in [0.25, 0.3) is 0 Å². The molecule has 35 heavy (non-hydrogen) atoms. The third kappa shape index (κ3) is 11.7. The van der Waals surface area contributed by atoms with E-state index < -0.39 is 0 Å². The van der Waals surface area contributed by atoms with Crippen LogP contribution >= 0.6 is 38.5 Å². The molecule has 0 aromatic heterocycles. The lowest BCUT2D eigenvalue weighted by atomic mass is 10.1. The fourth-order valence-corrected chi connectivity index (χ4v) is 3.82. The summed E-state index contributed by atoms with van der Waals surface area (Å²) in [6, 6.07) is 23.6. The van der Waals surface area contributed by atoms with Gasteiger partial charge in [0.15, 0.2) is 0 Å². The van der Waals surface area contributed by atoms with Crippen molar-refractivity contribution in [3.63, 3.8) is 0 Å². The summed E-state index contributed by atoms with van der Waals surface area (Å²) >= 11 is 5.63. The minimum absolute atomic E-state index is 0.167. The number of benzene rings is 3. The molecule has 5 nitrogen and oxygen atoms in total. The van der Waals surface area contributed by atoms with Gasteiger partial charge in [0, 0.05) is 8.90 Å². The van der Waals surface area contributed by atoms with Crippen LogP contribution in [0, 0.1) is 3.57 Å². The van der Waals surface area contributed by atoms with Crippen LogP contribution in [0.3, 0.4) is 0 Å². The van der Waals surface area contributed by atoms with Gasteiger partial charge in [0.2, 0.25) is 0 Å². The Bertz CT molecular complexity index is 1070. The molecule has 0 bridgehead atoms. The Morgan fingerprint density at radius 3 is 1.74 bits per heavy atom. The molecule has 0 spiro atoms. The molecular formula is C28H30BrIO5. The summed E-state index contributed by atoms with van der Waals surface area (Å²) in [6.07, 6.45) is 0.653. The largest absolute Gasteiger partial charge is 0.489 e. The van der Waals surface area contributed by atoms with E-state index in [0.29, 0.717) is 32.7 Å². The van der Waals surface area contributed by atoms with Crippen molar-refractivity contribution in [1.29, 1.82) is 0 Å². The normalized spacial score (nSPS) is 10.1. The van der Waals surface area contributed by atoms with Crippen molar-refractivity contribution in [2.24, 2.45) is 0 Å². The van der Waals surface area contributed by atoms with Crippen molar-refractivity contribution in [1.82, 2.24) is 0 Å². The van der Waals surface area contributed by atoms with E-state index in [-0.39, 0.29) is 11.9 Å². The Balaban J connectivity index is 0.000000269. The van der Waals surface area contributed by atoms with Crippen molar-refractivity contribution in [2.75, 3.05) is 13.2 Å². The molecule has 0 aliphatic heterocycles. The van der Waals surface area contributed by atoms with E-state index >= 15 is 0 Å². The third-order valence-electron chi connectivity index (χ3n) is 4.66. The molecule has 3 rings (SSSR count). The Kier molecular flexibility index (Phi) is 13.4. The van der Waals surface area contributed by atoms with Crippen LogP contribution in [0.1, 0.15) is 36.1 Å².